The van der Waals surface area contributed by atoms with Gasteiger partial charge in [-0.2, -0.15) is 0 Å². The fourth-order valence-corrected chi connectivity index (χ4v) is 6.05. The van der Waals surface area contributed by atoms with Gasteiger partial charge in [-0.05, 0) is 44.5 Å². The first-order valence-electron chi connectivity index (χ1n) is 9.32. The van der Waals surface area contributed by atoms with E-state index in [1.807, 2.05) is 20.8 Å². The fourth-order valence-electron chi connectivity index (χ4n) is 2.90. The predicted octanol–water partition coefficient (Wildman–Crippen LogP) is 3.61. The van der Waals surface area contributed by atoms with Crippen molar-refractivity contribution in [2.45, 2.75) is 30.7 Å². The van der Waals surface area contributed by atoms with Gasteiger partial charge in [0.15, 0.2) is 0 Å². The van der Waals surface area contributed by atoms with Crippen LogP contribution in [-0.4, -0.2) is 55.6 Å². The van der Waals surface area contributed by atoms with Gasteiger partial charge in [0.2, 0.25) is 15.9 Å². The molecule has 0 spiro atoms. The lowest BCUT2D eigenvalue weighted by molar-refractivity contribution is -0.113. The van der Waals surface area contributed by atoms with Crippen LogP contribution < -0.4 is 10.1 Å². The van der Waals surface area contributed by atoms with Gasteiger partial charge in [-0.25, -0.2) is 22.7 Å². The van der Waals surface area contributed by atoms with E-state index < -0.39 is 10.0 Å². The van der Waals surface area contributed by atoms with Gasteiger partial charge < -0.3 is 10.1 Å². The highest BCUT2D eigenvalue weighted by Crippen LogP contribution is 2.35. The molecule has 1 aromatic carbocycles. The highest BCUT2D eigenvalue weighted by Gasteiger charge is 2.23. The number of hydrogen-bond acceptors (Lipinski definition) is 8. The Hall–Kier alpha value is -2.21. The van der Waals surface area contributed by atoms with Crippen molar-refractivity contribution in [3.63, 3.8) is 0 Å². The highest BCUT2D eigenvalue weighted by molar-refractivity contribution is 8.00. The number of amides is 1. The largest absolute Gasteiger partial charge is 0.495 e. The molecule has 0 aliphatic rings. The zero-order valence-electron chi connectivity index (χ0n) is 18.1. The van der Waals surface area contributed by atoms with Crippen molar-refractivity contribution in [1.29, 1.82) is 0 Å². The summed E-state index contributed by atoms with van der Waals surface area (Å²) in [5.41, 5.74) is 1.50. The van der Waals surface area contributed by atoms with Gasteiger partial charge in [-0.15, -0.1) is 11.3 Å². The van der Waals surface area contributed by atoms with Crippen molar-refractivity contribution in [2.24, 2.45) is 0 Å². The van der Waals surface area contributed by atoms with Crippen molar-refractivity contribution in [3.8, 4) is 5.75 Å². The Morgan fingerprint density at radius 1 is 1.23 bits per heavy atom. The molecule has 166 valence electrons. The minimum absolute atomic E-state index is 0.0111. The van der Waals surface area contributed by atoms with Crippen LogP contribution in [0.15, 0.2) is 28.1 Å². The fraction of sp³-hybridized carbons (Fsp3) is 0.350. The van der Waals surface area contributed by atoms with E-state index in [-0.39, 0.29) is 22.3 Å². The van der Waals surface area contributed by atoms with Crippen LogP contribution in [0.1, 0.15) is 16.3 Å². The number of thioether (sulfide) groups is 1. The molecule has 0 saturated carbocycles. The van der Waals surface area contributed by atoms with Crippen molar-refractivity contribution in [3.05, 3.63) is 34.5 Å². The Balaban J connectivity index is 1.80. The van der Waals surface area contributed by atoms with E-state index in [0.29, 0.717) is 11.5 Å². The van der Waals surface area contributed by atoms with Crippen LogP contribution >= 0.6 is 23.1 Å². The zero-order valence-corrected chi connectivity index (χ0v) is 20.6. The van der Waals surface area contributed by atoms with Gasteiger partial charge in [0.05, 0.1) is 12.9 Å². The van der Waals surface area contributed by atoms with Gasteiger partial charge in [0, 0.05) is 30.0 Å². The molecule has 0 radical (unpaired) electrons. The number of sulfonamides is 1. The third kappa shape index (κ3) is 4.84. The third-order valence-electron chi connectivity index (χ3n) is 4.65. The van der Waals surface area contributed by atoms with Crippen molar-refractivity contribution in [2.75, 3.05) is 32.3 Å². The highest BCUT2D eigenvalue weighted by atomic mass is 32.2. The predicted molar refractivity (Wildman–Crippen MR) is 125 cm³/mol. The number of aryl methyl sites for hydroxylation is 3. The van der Waals surface area contributed by atoms with E-state index in [0.717, 1.165) is 25.1 Å². The summed E-state index contributed by atoms with van der Waals surface area (Å²) in [7, 11) is 0.551. The second-order valence-electron chi connectivity index (χ2n) is 7.03. The van der Waals surface area contributed by atoms with Crippen LogP contribution in [0.2, 0.25) is 0 Å². The van der Waals surface area contributed by atoms with E-state index in [1.165, 1.54) is 50.0 Å². The van der Waals surface area contributed by atoms with Gasteiger partial charge in [0.1, 0.15) is 26.3 Å². The zero-order chi connectivity index (χ0) is 22.9. The standard InChI is InChI=1S/C20H24N4O4S3/c1-11-12(2)30-20-18(11)19(21-13(3)22-20)29-10-17(25)23-14-7-8-15(28-6)16(9-14)31(26,27)24(4)5/h7-9H,10H2,1-6H3,(H,23,25). The van der Waals surface area contributed by atoms with Crippen LogP contribution in [0.4, 0.5) is 5.69 Å². The molecule has 0 aliphatic carbocycles. The Labute approximate surface area is 190 Å². The number of nitrogens with one attached hydrogen (secondary N) is 1. The quantitative estimate of drug-likeness (QED) is 0.407. The smallest absolute Gasteiger partial charge is 0.246 e. The molecule has 11 heteroatoms. The number of carbonyl (C=O) groups excluding carboxylic acids is 1. The number of rotatable bonds is 7. The molecule has 0 bridgehead atoms. The molecule has 0 atom stereocenters. The normalized spacial score (nSPS) is 11.8. The van der Waals surface area contributed by atoms with Gasteiger partial charge in [-0.1, -0.05) is 11.8 Å². The Bertz CT molecular complexity index is 1250. The third-order valence-corrected chi connectivity index (χ3v) is 8.57. The number of fused-ring (bicyclic) bond motifs is 1. The number of methoxy groups -OCH3 is 1. The first kappa shape index (κ1) is 23.5. The van der Waals surface area contributed by atoms with Crippen LogP contribution in [0, 0.1) is 20.8 Å². The molecule has 3 rings (SSSR count). The number of anilines is 1. The summed E-state index contributed by atoms with van der Waals surface area (Å²) in [5.74, 6) is 0.729. The second-order valence-corrected chi connectivity index (χ2v) is 11.3. The topological polar surface area (TPSA) is 101 Å². The number of thiophene rings is 1. The molecule has 0 unspecified atom stereocenters. The van der Waals surface area contributed by atoms with Crippen LogP contribution in [0.25, 0.3) is 10.2 Å². The molecule has 0 saturated heterocycles. The minimum atomic E-state index is -3.73. The summed E-state index contributed by atoms with van der Waals surface area (Å²) in [6.07, 6.45) is 0. The maximum atomic E-state index is 12.6. The van der Waals surface area contributed by atoms with E-state index in [1.54, 1.807) is 17.4 Å². The van der Waals surface area contributed by atoms with Crippen LogP contribution in [-0.2, 0) is 14.8 Å². The molecule has 8 nitrogen and oxygen atoms in total. The molecular formula is C20H24N4O4S3. The monoisotopic (exact) mass is 480 g/mol. The maximum absolute atomic E-state index is 12.6. The Morgan fingerprint density at radius 2 is 1.94 bits per heavy atom. The lowest BCUT2D eigenvalue weighted by Gasteiger charge is -2.16. The lowest BCUT2D eigenvalue weighted by atomic mass is 10.2. The summed E-state index contributed by atoms with van der Waals surface area (Å²) < 4.78 is 31.4. The molecule has 2 heterocycles. The molecule has 3 aromatic rings. The van der Waals surface area contributed by atoms with Gasteiger partial charge >= 0.3 is 0 Å². The number of nitrogens with zero attached hydrogens (tertiary/aromatic N) is 3. The lowest BCUT2D eigenvalue weighted by Crippen LogP contribution is -2.23. The number of benzene rings is 1. The molecule has 0 fully saturated rings. The Morgan fingerprint density at radius 3 is 2.58 bits per heavy atom. The average Bonchev–Trinajstić information content (AvgIpc) is 2.99. The number of hydrogen-bond donors (Lipinski definition) is 1. The number of carbonyl (C=O) groups is 1. The summed E-state index contributed by atoms with van der Waals surface area (Å²) in [6.45, 7) is 5.90. The summed E-state index contributed by atoms with van der Waals surface area (Å²) >= 11 is 2.95. The van der Waals surface area contributed by atoms with Crippen LogP contribution in [0.5, 0.6) is 5.75 Å². The molecule has 0 aliphatic heterocycles. The van der Waals surface area contributed by atoms with Crippen LogP contribution in [0.3, 0.4) is 0 Å². The van der Waals surface area contributed by atoms with Gasteiger partial charge in [0.25, 0.3) is 0 Å². The maximum Gasteiger partial charge on any atom is 0.246 e. The molecule has 1 N–H and O–H groups in total. The van der Waals surface area contributed by atoms with E-state index in [4.69, 9.17) is 4.74 Å². The SMILES string of the molecule is COc1ccc(NC(=O)CSc2nc(C)nc3sc(C)c(C)c23)cc1S(=O)(=O)N(C)C. The first-order chi connectivity index (χ1) is 14.5. The first-order valence-corrected chi connectivity index (χ1v) is 12.6. The van der Waals surface area contributed by atoms with E-state index in [2.05, 4.69) is 15.3 Å². The van der Waals surface area contributed by atoms with E-state index in [9.17, 15) is 13.2 Å². The number of ether oxygens (including phenoxy) is 1. The summed E-state index contributed by atoms with van der Waals surface area (Å²) in [6, 6.07) is 4.53. The van der Waals surface area contributed by atoms with Gasteiger partial charge in [-0.3, -0.25) is 4.79 Å². The molecule has 2 aromatic heterocycles. The molecule has 31 heavy (non-hydrogen) atoms. The summed E-state index contributed by atoms with van der Waals surface area (Å²) in [5, 5.41) is 4.51. The minimum Gasteiger partial charge on any atom is -0.495 e. The average molecular weight is 481 g/mol. The van der Waals surface area contributed by atoms with E-state index >= 15 is 0 Å². The molecular weight excluding hydrogens is 456 g/mol. The number of aromatic nitrogens is 2. The second kappa shape index (κ2) is 9.11. The van der Waals surface area contributed by atoms with Crippen molar-refractivity contribution >= 4 is 54.9 Å². The molecule has 1 amide bonds. The summed E-state index contributed by atoms with van der Waals surface area (Å²) in [4.78, 5) is 23.7. The Kier molecular flexibility index (Phi) is 6.89. The van der Waals surface area contributed by atoms with Crippen molar-refractivity contribution in [1.82, 2.24) is 14.3 Å². The van der Waals surface area contributed by atoms with Crippen molar-refractivity contribution < 1.29 is 17.9 Å².